The second-order valence-corrected chi connectivity index (χ2v) is 9.40. The van der Waals surface area contributed by atoms with Crippen molar-refractivity contribution in [3.8, 4) is 17.2 Å². The number of hydrogen-bond acceptors (Lipinski definition) is 9. The van der Waals surface area contributed by atoms with Gasteiger partial charge in [0.05, 0.1) is 18.7 Å². The number of aldehydes is 1. The molecule has 3 fully saturated rings. The first-order valence-corrected chi connectivity index (χ1v) is 12.0. The molecule has 2 bridgehead atoms. The standard InChI is InChI=1S/C24H29N5O7/c1-34-17-8-20(31)18(11-30)21(9-17)35-12-23(32)25-22-10-19(26-27-22)13-2-5-16(6-13)36-24(33)29-15-4-3-14(7-15)28-29/h8-11,13-16,28,31H,2-7,12H2,1H3,(H2,25,26,27,32)/t13-,14?,15?,16+/m0/s1. The Bertz CT molecular complexity index is 1150. The van der Waals surface area contributed by atoms with Crippen molar-refractivity contribution in [2.75, 3.05) is 19.0 Å². The Morgan fingerprint density at radius 2 is 2.08 bits per heavy atom. The van der Waals surface area contributed by atoms with Crippen molar-refractivity contribution in [2.24, 2.45) is 0 Å². The van der Waals surface area contributed by atoms with Gasteiger partial charge < -0.3 is 24.6 Å². The molecule has 192 valence electrons. The number of nitrogens with zero attached hydrogens (tertiary/aromatic N) is 2. The van der Waals surface area contributed by atoms with Crippen LogP contribution in [0, 0.1) is 0 Å². The van der Waals surface area contributed by atoms with Crippen molar-refractivity contribution in [2.45, 2.75) is 62.6 Å². The fourth-order valence-corrected chi connectivity index (χ4v) is 5.22. The van der Waals surface area contributed by atoms with E-state index in [2.05, 4.69) is 20.9 Å². The maximum atomic E-state index is 12.5. The van der Waals surface area contributed by atoms with Gasteiger partial charge in [0, 0.05) is 35.9 Å². The van der Waals surface area contributed by atoms with Crippen LogP contribution in [0.5, 0.6) is 17.2 Å². The number of aromatic nitrogens is 2. The van der Waals surface area contributed by atoms with Crippen LogP contribution in [0.2, 0.25) is 0 Å². The topological polar surface area (TPSA) is 155 Å². The molecule has 2 saturated carbocycles. The van der Waals surface area contributed by atoms with Crippen molar-refractivity contribution in [1.82, 2.24) is 20.6 Å². The normalized spacial score (nSPS) is 24.5. The molecule has 2 amide bonds. The lowest BCUT2D eigenvalue weighted by molar-refractivity contribution is -0.118. The average Bonchev–Trinajstić information content (AvgIpc) is 3.67. The maximum absolute atomic E-state index is 12.5. The molecule has 1 aromatic carbocycles. The number of ether oxygens (including phenoxy) is 3. The summed E-state index contributed by atoms with van der Waals surface area (Å²) in [5, 5.41) is 21.3. The molecule has 0 spiro atoms. The number of phenols is 1. The van der Waals surface area contributed by atoms with Crippen LogP contribution in [0.15, 0.2) is 18.2 Å². The van der Waals surface area contributed by atoms with Crippen LogP contribution in [0.4, 0.5) is 10.6 Å². The molecule has 1 aromatic heterocycles. The zero-order valence-corrected chi connectivity index (χ0v) is 19.9. The summed E-state index contributed by atoms with van der Waals surface area (Å²) < 4.78 is 16.2. The molecule has 1 aliphatic heterocycles. The summed E-state index contributed by atoms with van der Waals surface area (Å²) in [6, 6.07) is 5.07. The Hall–Kier alpha value is -3.80. The zero-order valence-electron chi connectivity index (χ0n) is 19.9. The summed E-state index contributed by atoms with van der Waals surface area (Å²) in [7, 11) is 1.41. The lowest BCUT2D eigenvalue weighted by Crippen LogP contribution is -2.48. The first-order chi connectivity index (χ1) is 17.4. The highest BCUT2D eigenvalue weighted by Gasteiger charge is 2.42. The third kappa shape index (κ3) is 4.94. The third-order valence-corrected chi connectivity index (χ3v) is 7.05. The number of carbonyl (C=O) groups is 3. The molecule has 4 atom stereocenters. The van der Waals surface area contributed by atoms with Gasteiger partial charge >= 0.3 is 6.09 Å². The molecule has 12 heteroatoms. The van der Waals surface area contributed by atoms with E-state index in [1.165, 1.54) is 19.2 Å². The number of aromatic amines is 1. The van der Waals surface area contributed by atoms with E-state index in [0.29, 0.717) is 24.6 Å². The van der Waals surface area contributed by atoms with Crippen molar-refractivity contribution in [3.05, 3.63) is 29.5 Å². The van der Waals surface area contributed by atoms with Gasteiger partial charge in [-0.05, 0) is 38.5 Å². The monoisotopic (exact) mass is 499 g/mol. The summed E-state index contributed by atoms with van der Waals surface area (Å²) in [4.78, 5) is 36.2. The van der Waals surface area contributed by atoms with Crippen molar-refractivity contribution >= 4 is 24.1 Å². The molecule has 2 unspecified atom stereocenters. The average molecular weight is 500 g/mol. The number of rotatable bonds is 8. The Labute approximate surface area is 207 Å². The fourth-order valence-electron chi connectivity index (χ4n) is 5.22. The number of anilines is 1. The predicted octanol–water partition coefficient (Wildman–Crippen LogP) is 2.47. The Kier molecular flexibility index (Phi) is 6.68. The number of aromatic hydroxyl groups is 1. The van der Waals surface area contributed by atoms with Gasteiger partial charge in [0.15, 0.2) is 18.7 Å². The van der Waals surface area contributed by atoms with E-state index in [4.69, 9.17) is 14.2 Å². The molecule has 2 heterocycles. The minimum Gasteiger partial charge on any atom is -0.507 e. The Balaban J connectivity index is 1.11. The molecule has 2 aromatic rings. The number of carbonyl (C=O) groups excluding carboxylic acids is 3. The van der Waals surface area contributed by atoms with Crippen LogP contribution in [-0.4, -0.2) is 70.5 Å². The second-order valence-electron chi connectivity index (χ2n) is 9.40. The summed E-state index contributed by atoms with van der Waals surface area (Å²) in [5.41, 5.74) is 4.00. The van der Waals surface area contributed by atoms with Gasteiger partial charge in [-0.1, -0.05) is 0 Å². The SMILES string of the molecule is COc1cc(O)c(C=O)c(OCC(=O)Nc2cc([C@H]3CC[C@@H](OC(=O)N4NC5CCC4C5)C3)[nH]n2)c1. The van der Waals surface area contributed by atoms with Gasteiger partial charge in [-0.15, -0.1) is 0 Å². The molecular weight excluding hydrogens is 470 g/mol. The number of H-pyrrole nitrogens is 1. The Morgan fingerprint density at radius 1 is 1.22 bits per heavy atom. The lowest BCUT2D eigenvalue weighted by Gasteiger charge is -2.28. The van der Waals surface area contributed by atoms with E-state index in [1.54, 1.807) is 11.1 Å². The van der Waals surface area contributed by atoms with Crippen molar-refractivity contribution < 1.29 is 33.7 Å². The van der Waals surface area contributed by atoms with Crippen molar-refractivity contribution in [1.29, 1.82) is 0 Å². The molecule has 2 aliphatic carbocycles. The highest BCUT2D eigenvalue weighted by molar-refractivity contribution is 5.91. The molecule has 4 N–H and O–H groups in total. The van der Waals surface area contributed by atoms with Gasteiger partial charge in [-0.25, -0.2) is 15.2 Å². The first-order valence-electron chi connectivity index (χ1n) is 12.0. The van der Waals surface area contributed by atoms with Crippen LogP contribution in [0.1, 0.15) is 60.5 Å². The van der Waals surface area contributed by atoms with Gasteiger partial charge in [0.2, 0.25) is 0 Å². The molecular formula is C24H29N5O7. The number of fused-ring (bicyclic) bond motifs is 2. The molecule has 3 aliphatic rings. The van der Waals surface area contributed by atoms with E-state index < -0.39 is 12.5 Å². The van der Waals surface area contributed by atoms with E-state index in [9.17, 15) is 19.5 Å². The zero-order chi connectivity index (χ0) is 25.2. The van der Waals surface area contributed by atoms with E-state index in [1.807, 2.05) is 0 Å². The minimum absolute atomic E-state index is 0.0308. The van der Waals surface area contributed by atoms with Gasteiger partial charge in [0.1, 0.15) is 23.4 Å². The quantitative estimate of drug-likeness (QED) is 0.401. The summed E-state index contributed by atoms with van der Waals surface area (Å²) >= 11 is 0. The van der Waals surface area contributed by atoms with Crippen LogP contribution < -0.4 is 20.2 Å². The molecule has 36 heavy (non-hydrogen) atoms. The lowest BCUT2D eigenvalue weighted by atomic mass is 10.0. The number of phenolic OH excluding ortho intramolecular Hbond substituents is 1. The smallest absolute Gasteiger partial charge is 0.424 e. The molecule has 0 radical (unpaired) electrons. The summed E-state index contributed by atoms with van der Waals surface area (Å²) in [6.07, 6.45) is 5.39. The maximum Gasteiger partial charge on any atom is 0.424 e. The minimum atomic E-state index is -0.488. The van der Waals surface area contributed by atoms with E-state index in [0.717, 1.165) is 37.8 Å². The summed E-state index contributed by atoms with van der Waals surface area (Å²) in [5.74, 6) is -0.00676. The third-order valence-electron chi connectivity index (χ3n) is 7.05. The number of benzene rings is 1. The highest BCUT2D eigenvalue weighted by Crippen LogP contribution is 2.37. The van der Waals surface area contributed by atoms with Gasteiger partial charge in [-0.2, -0.15) is 5.10 Å². The number of nitrogens with one attached hydrogen (secondary N) is 3. The van der Waals surface area contributed by atoms with Crippen molar-refractivity contribution in [3.63, 3.8) is 0 Å². The molecule has 5 rings (SSSR count). The van der Waals surface area contributed by atoms with Gasteiger partial charge in [-0.3, -0.25) is 14.7 Å². The Morgan fingerprint density at radius 3 is 2.81 bits per heavy atom. The van der Waals surface area contributed by atoms with Crippen LogP contribution >= 0.6 is 0 Å². The highest BCUT2D eigenvalue weighted by atomic mass is 16.6. The summed E-state index contributed by atoms with van der Waals surface area (Å²) in [6.45, 7) is -0.399. The number of hydrogen-bond donors (Lipinski definition) is 4. The fraction of sp³-hybridized carbons (Fsp3) is 0.500. The number of hydrazine groups is 1. The van der Waals surface area contributed by atoms with E-state index >= 15 is 0 Å². The first kappa shape index (κ1) is 23.9. The van der Waals surface area contributed by atoms with Crippen LogP contribution in [-0.2, 0) is 9.53 Å². The number of methoxy groups -OCH3 is 1. The van der Waals surface area contributed by atoms with Crippen LogP contribution in [0.3, 0.4) is 0 Å². The molecule has 1 saturated heterocycles. The second kappa shape index (κ2) is 10.1. The predicted molar refractivity (Wildman–Crippen MR) is 126 cm³/mol. The number of amides is 2. The largest absolute Gasteiger partial charge is 0.507 e. The van der Waals surface area contributed by atoms with Crippen LogP contribution in [0.25, 0.3) is 0 Å². The van der Waals surface area contributed by atoms with E-state index in [-0.39, 0.29) is 47.0 Å². The molecule has 12 nitrogen and oxygen atoms in total. The van der Waals surface area contributed by atoms with Gasteiger partial charge in [0.25, 0.3) is 5.91 Å².